The molecule has 2 bridgehead atoms. The molecule has 1 saturated carbocycles. The highest BCUT2D eigenvalue weighted by atomic mass is 16.5. The Kier molecular flexibility index (Phi) is 5.37. The molecule has 1 N–H and O–H groups in total. The summed E-state index contributed by atoms with van der Waals surface area (Å²) < 4.78 is 10.4. The largest absolute Gasteiger partial charge is 0.459 e. The number of hydrogen-bond acceptors (Lipinski definition) is 5. The van der Waals surface area contributed by atoms with E-state index < -0.39 is 11.9 Å². The van der Waals surface area contributed by atoms with Gasteiger partial charge in [0, 0.05) is 12.6 Å². The standard InChI is InChI=1S/C24H28N2O5/c1-23(2)11-16-12-24(3,14-23)15-26(16)20(27)13-31-22(29)17-7-4-5-8-18(17)25-21(28)19-9-6-10-30-19/h4-10,16H,11-15H2,1-3H3,(H,25,28)/t16-,24+/m1/s1. The van der Waals surface area contributed by atoms with E-state index in [9.17, 15) is 14.4 Å². The van der Waals surface area contributed by atoms with Gasteiger partial charge in [-0.2, -0.15) is 0 Å². The van der Waals surface area contributed by atoms with Gasteiger partial charge >= 0.3 is 5.97 Å². The number of nitrogens with one attached hydrogen (secondary N) is 1. The number of benzene rings is 1. The van der Waals surface area contributed by atoms with E-state index in [-0.39, 0.29) is 40.7 Å². The quantitative estimate of drug-likeness (QED) is 0.730. The third-order valence-corrected chi connectivity index (χ3v) is 6.20. The van der Waals surface area contributed by atoms with E-state index in [0.29, 0.717) is 12.2 Å². The van der Waals surface area contributed by atoms with Gasteiger partial charge < -0.3 is 19.4 Å². The van der Waals surface area contributed by atoms with Gasteiger partial charge in [0.2, 0.25) is 0 Å². The van der Waals surface area contributed by atoms with Crippen molar-refractivity contribution in [1.29, 1.82) is 0 Å². The van der Waals surface area contributed by atoms with E-state index in [1.54, 1.807) is 30.3 Å². The van der Waals surface area contributed by atoms with E-state index in [1.165, 1.54) is 12.3 Å². The molecular formula is C24H28N2O5. The van der Waals surface area contributed by atoms with Crippen LogP contribution in [-0.2, 0) is 9.53 Å². The minimum Gasteiger partial charge on any atom is -0.459 e. The molecule has 31 heavy (non-hydrogen) atoms. The van der Waals surface area contributed by atoms with Crippen LogP contribution in [-0.4, -0.2) is 41.9 Å². The fraction of sp³-hybridized carbons (Fsp3) is 0.458. The van der Waals surface area contributed by atoms with Crippen LogP contribution in [0.25, 0.3) is 0 Å². The number of hydrogen-bond donors (Lipinski definition) is 1. The van der Waals surface area contributed by atoms with Crippen LogP contribution in [0.15, 0.2) is 47.1 Å². The third kappa shape index (κ3) is 4.50. The molecule has 2 amide bonds. The Labute approximate surface area is 181 Å². The van der Waals surface area contributed by atoms with Crippen LogP contribution in [0, 0.1) is 10.8 Å². The Hall–Kier alpha value is -3.09. The average Bonchev–Trinajstić information content (AvgIpc) is 3.31. The number of carbonyl (C=O) groups excluding carboxylic acids is 3. The molecule has 2 fully saturated rings. The summed E-state index contributed by atoms with van der Waals surface area (Å²) in [6.45, 7) is 7.12. The van der Waals surface area contributed by atoms with E-state index in [2.05, 4.69) is 26.1 Å². The summed E-state index contributed by atoms with van der Waals surface area (Å²) in [5, 5.41) is 2.65. The van der Waals surface area contributed by atoms with Gasteiger partial charge in [0.1, 0.15) is 0 Å². The van der Waals surface area contributed by atoms with Crippen LogP contribution in [0.1, 0.15) is 60.9 Å². The number of ether oxygens (including phenoxy) is 1. The van der Waals surface area contributed by atoms with Gasteiger partial charge in [0.15, 0.2) is 12.4 Å². The van der Waals surface area contributed by atoms with E-state index in [0.717, 1.165) is 19.3 Å². The Bertz CT molecular complexity index is 997. The van der Waals surface area contributed by atoms with Crippen molar-refractivity contribution in [3.63, 3.8) is 0 Å². The number of anilines is 1. The fourth-order valence-corrected chi connectivity index (χ4v) is 5.40. The zero-order chi connectivity index (χ0) is 22.2. The molecule has 0 spiro atoms. The van der Waals surface area contributed by atoms with Crippen molar-refractivity contribution in [2.45, 2.75) is 46.1 Å². The molecule has 1 aromatic heterocycles. The van der Waals surface area contributed by atoms with Crippen molar-refractivity contribution < 1.29 is 23.5 Å². The predicted molar refractivity (Wildman–Crippen MR) is 115 cm³/mol. The molecule has 7 heteroatoms. The van der Waals surface area contributed by atoms with Gasteiger partial charge in [-0.1, -0.05) is 32.9 Å². The molecule has 1 saturated heterocycles. The highest BCUT2D eigenvalue weighted by Crippen LogP contribution is 2.52. The normalized spacial score (nSPS) is 24.0. The molecule has 2 atom stereocenters. The van der Waals surface area contributed by atoms with Crippen molar-refractivity contribution in [3.8, 4) is 0 Å². The first-order valence-electron chi connectivity index (χ1n) is 10.6. The topological polar surface area (TPSA) is 88.9 Å². The highest BCUT2D eigenvalue weighted by molar-refractivity contribution is 6.06. The van der Waals surface area contributed by atoms with Crippen LogP contribution in [0.5, 0.6) is 0 Å². The molecular weight excluding hydrogens is 396 g/mol. The minimum absolute atomic E-state index is 0.120. The first kappa shape index (κ1) is 21.2. The maximum atomic E-state index is 12.9. The SMILES string of the molecule is CC1(C)C[C@@H]2C[C@](C)(CN2C(=O)COC(=O)c2ccccc2NC(=O)c2ccco2)C1. The monoisotopic (exact) mass is 424 g/mol. The number of furan rings is 1. The summed E-state index contributed by atoms with van der Waals surface area (Å²) in [6, 6.07) is 9.86. The maximum absolute atomic E-state index is 12.9. The molecule has 2 aliphatic rings. The minimum atomic E-state index is -0.655. The van der Waals surface area contributed by atoms with Gasteiger partial charge in [-0.25, -0.2) is 4.79 Å². The van der Waals surface area contributed by atoms with E-state index >= 15 is 0 Å². The molecule has 0 unspecified atom stereocenters. The Morgan fingerprint density at radius 1 is 1.13 bits per heavy atom. The molecule has 1 aliphatic heterocycles. The molecule has 4 rings (SSSR count). The molecule has 2 aromatic rings. The summed E-state index contributed by atoms with van der Waals surface area (Å²) in [4.78, 5) is 39.7. The van der Waals surface area contributed by atoms with Crippen LogP contribution in [0.4, 0.5) is 5.69 Å². The van der Waals surface area contributed by atoms with Gasteiger partial charge in [0.05, 0.1) is 17.5 Å². The fourth-order valence-electron chi connectivity index (χ4n) is 5.40. The van der Waals surface area contributed by atoms with Gasteiger partial charge in [-0.3, -0.25) is 9.59 Å². The molecule has 0 radical (unpaired) electrons. The lowest BCUT2D eigenvalue weighted by molar-refractivity contribution is -0.135. The van der Waals surface area contributed by atoms with Crippen molar-refractivity contribution in [2.75, 3.05) is 18.5 Å². The lowest BCUT2D eigenvalue weighted by Crippen LogP contribution is -2.39. The molecule has 2 heterocycles. The molecule has 164 valence electrons. The number of rotatable bonds is 5. The zero-order valence-corrected chi connectivity index (χ0v) is 18.1. The molecule has 1 aliphatic carbocycles. The number of esters is 1. The summed E-state index contributed by atoms with van der Waals surface area (Å²) in [5.74, 6) is -1.16. The van der Waals surface area contributed by atoms with Gasteiger partial charge in [0.25, 0.3) is 11.8 Å². The van der Waals surface area contributed by atoms with Crippen molar-refractivity contribution >= 4 is 23.5 Å². The van der Waals surface area contributed by atoms with E-state index in [4.69, 9.17) is 9.15 Å². The number of amides is 2. The number of carbonyl (C=O) groups is 3. The predicted octanol–water partition coefficient (Wildman–Crippen LogP) is 4.12. The number of likely N-dealkylation sites (tertiary alicyclic amines) is 1. The second-order valence-electron chi connectivity index (χ2n) is 9.79. The Balaban J connectivity index is 1.39. The summed E-state index contributed by atoms with van der Waals surface area (Å²) in [7, 11) is 0. The molecule has 1 aromatic carbocycles. The zero-order valence-electron chi connectivity index (χ0n) is 18.1. The van der Waals surface area contributed by atoms with Gasteiger partial charge in [-0.15, -0.1) is 0 Å². The lowest BCUT2D eigenvalue weighted by atomic mass is 9.65. The first-order valence-corrected chi connectivity index (χ1v) is 10.6. The Morgan fingerprint density at radius 2 is 1.90 bits per heavy atom. The van der Waals surface area contributed by atoms with Crippen LogP contribution < -0.4 is 5.32 Å². The third-order valence-electron chi connectivity index (χ3n) is 6.20. The smallest absolute Gasteiger partial charge is 0.340 e. The number of para-hydroxylation sites is 1. The van der Waals surface area contributed by atoms with E-state index in [1.807, 2.05) is 4.90 Å². The van der Waals surface area contributed by atoms with Crippen molar-refractivity contribution in [2.24, 2.45) is 10.8 Å². The number of nitrogens with zero attached hydrogens (tertiary/aromatic N) is 1. The summed E-state index contributed by atoms with van der Waals surface area (Å²) in [5.41, 5.74) is 0.805. The van der Waals surface area contributed by atoms with Crippen LogP contribution >= 0.6 is 0 Å². The molecule has 7 nitrogen and oxygen atoms in total. The van der Waals surface area contributed by atoms with Crippen LogP contribution in [0.3, 0.4) is 0 Å². The van der Waals surface area contributed by atoms with Gasteiger partial charge in [-0.05, 0) is 54.4 Å². The van der Waals surface area contributed by atoms with Crippen molar-refractivity contribution in [1.82, 2.24) is 4.90 Å². The second-order valence-corrected chi connectivity index (χ2v) is 9.79. The number of fused-ring (bicyclic) bond motifs is 2. The highest BCUT2D eigenvalue weighted by Gasteiger charge is 2.50. The average molecular weight is 424 g/mol. The van der Waals surface area contributed by atoms with Crippen molar-refractivity contribution in [3.05, 3.63) is 54.0 Å². The first-order chi connectivity index (χ1) is 14.7. The lowest BCUT2D eigenvalue weighted by Gasteiger charge is -2.39. The Morgan fingerprint density at radius 3 is 2.65 bits per heavy atom. The second kappa shape index (κ2) is 7.87. The maximum Gasteiger partial charge on any atom is 0.340 e. The summed E-state index contributed by atoms with van der Waals surface area (Å²) >= 11 is 0. The van der Waals surface area contributed by atoms with Crippen LogP contribution in [0.2, 0.25) is 0 Å². The summed E-state index contributed by atoms with van der Waals surface area (Å²) in [6.07, 6.45) is 4.44.